The number of aliphatic hydroxyl groups is 1. The summed E-state index contributed by atoms with van der Waals surface area (Å²) in [7, 11) is 0. The minimum Gasteiger partial charge on any atom is -0.390 e. The molecule has 0 amide bonds. The SMILES string of the molecule is CCCCNC[C@@H](O)CNc1ccc(C)cc1. The fourth-order valence-corrected chi connectivity index (χ4v) is 1.55. The highest BCUT2D eigenvalue weighted by Crippen LogP contribution is 2.08. The molecule has 1 aromatic carbocycles. The van der Waals surface area contributed by atoms with Gasteiger partial charge in [-0.25, -0.2) is 0 Å². The monoisotopic (exact) mass is 236 g/mol. The topological polar surface area (TPSA) is 44.3 Å². The van der Waals surface area contributed by atoms with Crippen molar-refractivity contribution < 1.29 is 5.11 Å². The molecule has 0 saturated carbocycles. The molecule has 0 bridgehead atoms. The zero-order chi connectivity index (χ0) is 12.5. The number of aliphatic hydroxyl groups excluding tert-OH is 1. The molecule has 0 aliphatic rings. The number of benzene rings is 1. The Balaban J connectivity index is 2.14. The predicted molar refractivity (Wildman–Crippen MR) is 73.5 cm³/mol. The zero-order valence-electron chi connectivity index (χ0n) is 10.9. The normalized spacial score (nSPS) is 12.4. The van der Waals surface area contributed by atoms with Crippen molar-refractivity contribution in [2.75, 3.05) is 25.0 Å². The second kappa shape index (κ2) is 8.09. The maximum absolute atomic E-state index is 9.74. The third-order valence-electron chi connectivity index (χ3n) is 2.68. The molecule has 1 rings (SSSR count). The van der Waals surface area contributed by atoms with Crippen molar-refractivity contribution in [2.24, 2.45) is 0 Å². The van der Waals surface area contributed by atoms with Gasteiger partial charge in [0, 0.05) is 18.8 Å². The van der Waals surface area contributed by atoms with E-state index < -0.39 is 0 Å². The van der Waals surface area contributed by atoms with E-state index in [2.05, 4.69) is 36.6 Å². The van der Waals surface area contributed by atoms with Crippen LogP contribution in [0.2, 0.25) is 0 Å². The van der Waals surface area contributed by atoms with Crippen molar-refractivity contribution >= 4 is 5.69 Å². The Bertz CT molecular complexity index is 298. The van der Waals surface area contributed by atoms with Gasteiger partial charge in [0.1, 0.15) is 0 Å². The second-order valence-corrected chi connectivity index (χ2v) is 4.46. The van der Waals surface area contributed by atoms with Crippen LogP contribution in [0.3, 0.4) is 0 Å². The molecular weight excluding hydrogens is 212 g/mol. The van der Waals surface area contributed by atoms with Gasteiger partial charge in [0.25, 0.3) is 0 Å². The van der Waals surface area contributed by atoms with Gasteiger partial charge in [-0.2, -0.15) is 0 Å². The number of hydrogen-bond acceptors (Lipinski definition) is 3. The Hall–Kier alpha value is -1.06. The van der Waals surface area contributed by atoms with Crippen molar-refractivity contribution in [3.63, 3.8) is 0 Å². The highest BCUT2D eigenvalue weighted by molar-refractivity contribution is 5.44. The largest absolute Gasteiger partial charge is 0.390 e. The first kappa shape index (κ1) is 14.0. The molecule has 0 aromatic heterocycles. The summed E-state index contributed by atoms with van der Waals surface area (Å²) in [5, 5.41) is 16.2. The van der Waals surface area contributed by atoms with Gasteiger partial charge in [-0.15, -0.1) is 0 Å². The van der Waals surface area contributed by atoms with Gasteiger partial charge in [0.2, 0.25) is 0 Å². The van der Waals surface area contributed by atoms with Gasteiger partial charge in [0.15, 0.2) is 0 Å². The lowest BCUT2D eigenvalue weighted by atomic mass is 10.2. The lowest BCUT2D eigenvalue weighted by Gasteiger charge is -2.13. The molecule has 0 fully saturated rings. The van der Waals surface area contributed by atoms with Crippen LogP contribution in [0.15, 0.2) is 24.3 Å². The van der Waals surface area contributed by atoms with Crippen molar-refractivity contribution in [3.05, 3.63) is 29.8 Å². The van der Waals surface area contributed by atoms with Crippen LogP contribution in [-0.2, 0) is 0 Å². The first-order valence-corrected chi connectivity index (χ1v) is 6.41. The lowest BCUT2D eigenvalue weighted by Crippen LogP contribution is -2.32. The highest BCUT2D eigenvalue weighted by atomic mass is 16.3. The van der Waals surface area contributed by atoms with Crippen molar-refractivity contribution in [1.82, 2.24) is 5.32 Å². The average Bonchev–Trinajstić information content (AvgIpc) is 2.34. The van der Waals surface area contributed by atoms with E-state index in [4.69, 9.17) is 0 Å². The Morgan fingerprint density at radius 2 is 1.88 bits per heavy atom. The van der Waals surface area contributed by atoms with Crippen LogP contribution in [0.5, 0.6) is 0 Å². The van der Waals surface area contributed by atoms with Gasteiger partial charge in [0.05, 0.1) is 6.10 Å². The molecule has 1 atom stereocenters. The first-order chi connectivity index (χ1) is 8.22. The number of anilines is 1. The minimum absolute atomic E-state index is 0.340. The fraction of sp³-hybridized carbons (Fsp3) is 0.571. The number of hydrogen-bond donors (Lipinski definition) is 3. The third kappa shape index (κ3) is 6.29. The molecule has 3 nitrogen and oxygen atoms in total. The summed E-state index contributed by atoms with van der Waals surface area (Å²) in [6, 6.07) is 8.20. The second-order valence-electron chi connectivity index (χ2n) is 4.46. The van der Waals surface area contributed by atoms with Crippen LogP contribution in [-0.4, -0.2) is 30.8 Å². The Morgan fingerprint density at radius 1 is 1.18 bits per heavy atom. The Kier molecular flexibility index (Phi) is 6.67. The molecule has 17 heavy (non-hydrogen) atoms. The molecule has 0 radical (unpaired) electrons. The fourth-order valence-electron chi connectivity index (χ4n) is 1.55. The number of rotatable bonds is 8. The van der Waals surface area contributed by atoms with E-state index >= 15 is 0 Å². The van der Waals surface area contributed by atoms with Crippen LogP contribution in [0, 0.1) is 6.92 Å². The summed E-state index contributed by atoms with van der Waals surface area (Å²) in [6.07, 6.45) is 2.01. The van der Waals surface area contributed by atoms with E-state index in [1.54, 1.807) is 0 Å². The summed E-state index contributed by atoms with van der Waals surface area (Å²) in [4.78, 5) is 0. The molecule has 0 aliphatic heterocycles. The van der Waals surface area contributed by atoms with Gasteiger partial charge in [-0.3, -0.25) is 0 Å². The molecule has 3 N–H and O–H groups in total. The third-order valence-corrected chi connectivity index (χ3v) is 2.68. The van der Waals surface area contributed by atoms with Crippen molar-refractivity contribution in [3.8, 4) is 0 Å². The first-order valence-electron chi connectivity index (χ1n) is 6.41. The van der Waals surface area contributed by atoms with E-state index in [1.807, 2.05) is 12.1 Å². The van der Waals surface area contributed by atoms with Crippen LogP contribution in [0.1, 0.15) is 25.3 Å². The van der Waals surface area contributed by atoms with Gasteiger partial charge in [-0.05, 0) is 32.0 Å². The van der Waals surface area contributed by atoms with E-state index in [-0.39, 0.29) is 6.10 Å². The van der Waals surface area contributed by atoms with E-state index in [9.17, 15) is 5.11 Å². The average molecular weight is 236 g/mol. The van der Waals surface area contributed by atoms with Crippen molar-refractivity contribution in [1.29, 1.82) is 0 Å². The van der Waals surface area contributed by atoms with Crippen LogP contribution in [0.4, 0.5) is 5.69 Å². The molecule has 0 saturated heterocycles. The zero-order valence-corrected chi connectivity index (χ0v) is 10.9. The summed E-state index contributed by atoms with van der Waals surface area (Å²) in [5.41, 5.74) is 2.31. The van der Waals surface area contributed by atoms with E-state index in [0.29, 0.717) is 13.1 Å². The Morgan fingerprint density at radius 3 is 2.53 bits per heavy atom. The molecule has 3 heteroatoms. The Labute approximate surface area is 104 Å². The highest BCUT2D eigenvalue weighted by Gasteiger charge is 2.02. The smallest absolute Gasteiger partial charge is 0.0836 e. The van der Waals surface area contributed by atoms with Gasteiger partial charge in [-0.1, -0.05) is 31.0 Å². The maximum Gasteiger partial charge on any atom is 0.0836 e. The summed E-state index contributed by atoms with van der Waals surface area (Å²) in [6.45, 7) is 6.45. The maximum atomic E-state index is 9.74. The summed E-state index contributed by atoms with van der Waals surface area (Å²) < 4.78 is 0. The van der Waals surface area contributed by atoms with Crippen molar-refractivity contribution in [2.45, 2.75) is 32.8 Å². The predicted octanol–water partition coefficient (Wildman–Crippen LogP) is 2.16. The van der Waals surface area contributed by atoms with Gasteiger partial charge >= 0.3 is 0 Å². The van der Waals surface area contributed by atoms with Crippen LogP contribution >= 0.6 is 0 Å². The summed E-state index contributed by atoms with van der Waals surface area (Å²) in [5.74, 6) is 0. The minimum atomic E-state index is -0.340. The van der Waals surface area contributed by atoms with Gasteiger partial charge < -0.3 is 15.7 Å². The van der Waals surface area contributed by atoms with E-state index in [0.717, 1.165) is 18.7 Å². The number of aryl methyl sites for hydroxylation is 1. The quantitative estimate of drug-likeness (QED) is 0.606. The van der Waals surface area contributed by atoms with Crippen LogP contribution < -0.4 is 10.6 Å². The standard InChI is InChI=1S/C14H24N2O/c1-3-4-9-15-10-14(17)11-16-13-7-5-12(2)6-8-13/h5-8,14-17H,3-4,9-11H2,1-2H3/t14-/m1/s1. The number of unbranched alkanes of at least 4 members (excludes halogenated alkanes) is 1. The lowest BCUT2D eigenvalue weighted by molar-refractivity contribution is 0.184. The summed E-state index contributed by atoms with van der Waals surface area (Å²) >= 11 is 0. The molecular formula is C14H24N2O. The molecule has 0 unspecified atom stereocenters. The van der Waals surface area contributed by atoms with Crippen LogP contribution in [0.25, 0.3) is 0 Å². The molecule has 96 valence electrons. The van der Waals surface area contributed by atoms with E-state index in [1.165, 1.54) is 12.0 Å². The molecule has 0 spiro atoms. The molecule has 1 aromatic rings. The molecule has 0 aliphatic carbocycles. The number of nitrogens with one attached hydrogen (secondary N) is 2. The molecule has 0 heterocycles.